The molecule has 1 unspecified atom stereocenters. The largest absolute Gasteiger partial charge is 0.244 e. The van der Waals surface area contributed by atoms with Gasteiger partial charge in [0.2, 0.25) is 10.0 Å². The number of nitrogens with zero attached hydrogens (tertiary/aromatic N) is 1. The van der Waals surface area contributed by atoms with E-state index in [1.807, 2.05) is 0 Å². The summed E-state index contributed by atoms with van der Waals surface area (Å²) >= 11 is 3.13. The molecule has 0 aliphatic carbocycles. The van der Waals surface area contributed by atoms with Crippen LogP contribution in [0.25, 0.3) is 0 Å². The van der Waals surface area contributed by atoms with Gasteiger partial charge >= 0.3 is 0 Å². The number of hydrogen-bond acceptors (Lipinski definition) is 2. The van der Waals surface area contributed by atoms with Crippen molar-refractivity contribution in [3.63, 3.8) is 0 Å². The standard InChI is InChI=1S/C13H17BrFNO2S/c1-2-3-10-6-7-16(9-10)19(17,18)13-5-4-11(15)8-12(13)14/h4-5,8,10H,2-3,6-7,9H2,1H3. The zero-order chi connectivity index (χ0) is 14.0. The van der Waals surface area contributed by atoms with Crippen LogP contribution in [-0.4, -0.2) is 25.8 Å². The molecule has 19 heavy (non-hydrogen) atoms. The maximum Gasteiger partial charge on any atom is 0.244 e. The second-order valence-corrected chi connectivity index (χ2v) is 7.64. The molecule has 1 aromatic carbocycles. The van der Waals surface area contributed by atoms with Crippen molar-refractivity contribution in [2.45, 2.75) is 31.1 Å². The minimum atomic E-state index is -3.52. The molecule has 1 saturated heterocycles. The molecule has 1 aliphatic rings. The zero-order valence-corrected chi connectivity index (χ0v) is 13.2. The fourth-order valence-corrected chi connectivity index (χ4v) is 5.02. The highest BCUT2D eigenvalue weighted by Gasteiger charge is 2.33. The van der Waals surface area contributed by atoms with E-state index in [9.17, 15) is 12.8 Å². The second-order valence-electron chi connectivity index (χ2n) is 4.88. The first-order valence-corrected chi connectivity index (χ1v) is 8.63. The van der Waals surface area contributed by atoms with Crippen molar-refractivity contribution >= 4 is 26.0 Å². The molecule has 0 spiro atoms. The van der Waals surface area contributed by atoms with Crippen molar-refractivity contribution in [1.29, 1.82) is 0 Å². The van der Waals surface area contributed by atoms with E-state index in [-0.39, 0.29) is 9.37 Å². The van der Waals surface area contributed by atoms with Gasteiger partial charge in [-0.15, -0.1) is 0 Å². The summed E-state index contributed by atoms with van der Waals surface area (Å²) in [6.45, 7) is 3.23. The van der Waals surface area contributed by atoms with Crippen LogP contribution < -0.4 is 0 Å². The maximum absolute atomic E-state index is 13.0. The first-order valence-electron chi connectivity index (χ1n) is 6.40. The normalized spacial score (nSPS) is 20.9. The van der Waals surface area contributed by atoms with E-state index in [4.69, 9.17) is 0 Å². The van der Waals surface area contributed by atoms with Gasteiger partial charge in [0.25, 0.3) is 0 Å². The molecule has 0 aromatic heterocycles. The summed E-state index contributed by atoms with van der Waals surface area (Å²) in [5.41, 5.74) is 0. The van der Waals surface area contributed by atoms with Gasteiger partial charge in [-0.2, -0.15) is 4.31 Å². The summed E-state index contributed by atoms with van der Waals surface area (Å²) in [5, 5.41) is 0. The van der Waals surface area contributed by atoms with Crippen molar-refractivity contribution in [3.8, 4) is 0 Å². The molecule has 3 nitrogen and oxygen atoms in total. The highest BCUT2D eigenvalue weighted by molar-refractivity contribution is 9.10. The van der Waals surface area contributed by atoms with E-state index in [1.165, 1.54) is 22.5 Å². The van der Waals surface area contributed by atoms with Crippen molar-refractivity contribution in [3.05, 3.63) is 28.5 Å². The number of sulfonamides is 1. The summed E-state index contributed by atoms with van der Waals surface area (Å²) in [4.78, 5) is 0.144. The van der Waals surface area contributed by atoms with Crippen LogP contribution in [0.15, 0.2) is 27.6 Å². The Morgan fingerprint density at radius 2 is 2.21 bits per heavy atom. The number of benzene rings is 1. The fraction of sp³-hybridized carbons (Fsp3) is 0.538. The van der Waals surface area contributed by atoms with Crippen molar-refractivity contribution in [1.82, 2.24) is 4.31 Å². The van der Waals surface area contributed by atoms with E-state index in [2.05, 4.69) is 22.9 Å². The molecule has 0 amide bonds. The van der Waals surface area contributed by atoms with E-state index in [1.54, 1.807) is 0 Å². The predicted molar refractivity (Wildman–Crippen MR) is 75.9 cm³/mol. The van der Waals surface area contributed by atoms with Crippen LogP contribution >= 0.6 is 15.9 Å². The lowest BCUT2D eigenvalue weighted by molar-refractivity contribution is 0.444. The zero-order valence-electron chi connectivity index (χ0n) is 10.8. The highest BCUT2D eigenvalue weighted by atomic mass is 79.9. The third-order valence-electron chi connectivity index (χ3n) is 3.46. The fourth-order valence-electron chi connectivity index (χ4n) is 2.48. The second kappa shape index (κ2) is 5.89. The van der Waals surface area contributed by atoms with Gasteiger partial charge in [-0.05, 0) is 52.9 Å². The first kappa shape index (κ1) is 14.9. The maximum atomic E-state index is 13.0. The molecule has 1 heterocycles. The van der Waals surface area contributed by atoms with Crippen molar-refractivity contribution in [2.75, 3.05) is 13.1 Å². The van der Waals surface area contributed by atoms with Crippen LogP contribution in [0.3, 0.4) is 0 Å². The van der Waals surface area contributed by atoms with Crippen molar-refractivity contribution < 1.29 is 12.8 Å². The Balaban J connectivity index is 2.23. The van der Waals surface area contributed by atoms with E-state index >= 15 is 0 Å². The minimum absolute atomic E-state index is 0.144. The molecule has 106 valence electrons. The van der Waals surface area contributed by atoms with Gasteiger partial charge in [0.1, 0.15) is 5.82 Å². The molecular weight excluding hydrogens is 333 g/mol. The molecule has 1 atom stereocenters. The lowest BCUT2D eigenvalue weighted by atomic mass is 10.0. The van der Waals surface area contributed by atoms with Gasteiger partial charge in [-0.25, -0.2) is 12.8 Å². The van der Waals surface area contributed by atoms with Gasteiger partial charge in [-0.1, -0.05) is 13.3 Å². The summed E-state index contributed by atoms with van der Waals surface area (Å²) in [5.74, 6) is -0.00453. The van der Waals surface area contributed by atoms with Gasteiger partial charge < -0.3 is 0 Å². The van der Waals surface area contributed by atoms with Crippen LogP contribution in [-0.2, 0) is 10.0 Å². The Morgan fingerprint density at radius 1 is 1.47 bits per heavy atom. The summed E-state index contributed by atoms with van der Waals surface area (Å²) in [6, 6.07) is 3.69. The molecule has 0 N–H and O–H groups in total. The summed E-state index contributed by atoms with van der Waals surface area (Å²) in [6.07, 6.45) is 3.03. The third kappa shape index (κ3) is 3.17. The first-order chi connectivity index (χ1) is 8.95. The Hall–Kier alpha value is -0.460. The van der Waals surface area contributed by atoms with E-state index in [0.29, 0.717) is 19.0 Å². The van der Waals surface area contributed by atoms with Gasteiger partial charge in [-0.3, -0.25) is 0 Å². The van der Waals surface area contributed by atoms with Crippen LogP contribution in [0.1, 0.15) is 26.2 Å². The Bertz CT molecular complexity index is 562. The monoisotopic (exact) mass is 349 g/mol. The molecule has 1 fully saturated rings. The Kier molecular flexibility index (Phi) is 4.63. The molecule has 6 heteroatoms. The lowest BCUT2D eigenvalue weighted by Gasteiger charge is -2.17. The smallest absolute Gasteiger partial charge is 0.207 e. The molecule has 0 saturated carbocycles. The summed E-state index contributed by atoms with van der Waals surface area (Å²) in [7, 11) is -3.52. The molecule has 0 radical (unpaired) electrons. The molecule has 2 rings (SSSR count). The van der Waals surface area contributed by atoms with Crippen LogP contribution in [0.2, 0.25) is 0 Å². The average Bonchev–Trinajstić information content (AvgIpc) is 2.78. The van der Waals surface area contributed by atoms with E-state index < -0.39 is 15.8 Å². The number of hydrogen-bond donors (Lipinski definition) is 0. The number of halogens is 2. The average molecular weight is 350 g/mol. The SMILES string of the molecule is CCCC1CCN(S(=O)(=O)c2ccc(F)cc2Br)C1. The van der Waals surface area contributed by atoms with Crippen LogP contribution in [0.4, 0.5) is 4.39 Å². The molecule has 1 aromatic rings. The van der Waals surface area contributed by atoms with E-state index in [0.717, 1.165) is 19.3 Å². The van der Waals surface area contributed by atoms with Gasteiger partial charge in [0.15, 0.2) is 0 Å². The topological polar surface area (TPSA) is 37.4 Å². The minimum Gasteiger partial charge on any atom is -0.207 e. The molecule has 0 bridgehead atoms. The lowest BCUT2D eigenvalue weighted by Crippen LogP contribution is -2.29. The van der Waals surface area contributed by atoms with Crippen LogP contribution in [0, 0.1) is 11.7 Å². The highest BCUT2D eigenvalue weighted by Crippen LogP contribution is 2.30. The predicted octanol–water partition coefficient (Wildman–Crippen LogP) is 3.40. The number of rotatable bonds is 4. The quantitative estimate of drug-likeness (QED) is 0.835. The Labute approximate surface area is 122 Å². The van der Waals surface area contributed by atoms with Crippen LogP contribution in [0.5, 0.6) is 0 Å². The Morgan fingerprint density at radius 3 is 2.84 bits per heavy atom. The van der Waals surface area contributed by atoms with Gasteiger partial charge in [0, 0.05) is 17.6 Å². The van der Waals surface area contributed by atoms with Crippen molar-refractivity contribution in [2.24, 2.45) is 5.92 Å². The third-order valence-corrected chi connectivity index (χ3v) is 6.30. The van der Waals surface area contributed by atoms with Gasteiger partial charge in [0.05, 0.1) is 4.90 Å². The molecule has 1 aliphatic heterocycles. The molecular formula is C13H17BrFNO2S. The summed E-state index contributed by atoms with van der Waals surface area (Å²) < 4.78 is 39.8.